The van der Waals surface area contributed by atoms with Crippen LogP contribution in [0, 0.1) is 11.8 Å². The molecule has 0 spiro atoms. The summed E-state index contributed by atoms with van der Waals surface area (Å²) in [5.74, 6) is 3.72. The van der Waals surface area contributed by atoms with Gasteiger partial charge in [0.1, 0.15) is 0 Å². The monoisotopic (exact) mass is 530 g/mol. The number of methoxy groups -OCH3 is 2. The van der Waals surface area contributed by atoms with E-state index in [2.05, 4.69) is 20.1 Å². The van der Waals surface area contributed by atoms with Crippen molar-refractivity contribution in [1.82, 2.24) is 15.1 Å². The number of phenolic OH excluding ortho intramolecular Hbond substituents is 1. The molecule has 0 radical (unpaired) electrons. The minimum atomic E-state index is 0. The molecule has 1 heterocycles. The number of ether oxygens (including phenoxy) is 2. The van der Waals surface area contributed by atoms with Crippen LogP contribution in [0.4, 0.5) is 0 Å². The molecule has 168 valence electrons. The van der Waals surface area contributed by atoms with Crippen LogP contribution in [0.3, 0.4) is 0 Å². The van der Waals surface area contributed by atoms with Crippen molar-refractivity contribution in [3.63, 3.8) is 0 Å². The summed E-state index contributed by atoms with van der Waals surface area (Å²) in [6.07, 6.45) is 5.79. The first kappa shape index (κ1) is 23.2. The lowest BCUT2D eigenvalue weighted by atomic mass is 9.93. The van der Waals surface area contributed by atoms with Crippen molar-refractivity contribution in [2.45, 2.75) is 38.3 Å². The fourth-order valence-corrected chi connectivity index (χ4v) is 5.49. The third-order valence-corrected chi connectivity index (χ3v) is 6.99. The zero-order chi connectivity index (χ0) is 20.4. The average Bonchev–Trinajstić information content (AvgIpc) is 3.39. The van der Waals surface area contributed by atoms with E-state index in [9.17, 15) is 5.11 Å². The molecule has 2 aliphatic carbocycles. The van der Waals surface area contributed by atoms with E-state index in [0.29, 0.717) is 18.0 Å². The number of fused-ring (bicyclic) bond motifs is 2. The van der Waals surface area contributed by atoms with Crippen molar-refractivity contribution in [1.29, 1.82) is 0 Å². The Balaban J connectivity index is 0.00000256. The summed E-state index contributed by atoms with van der Waals surface area (Å²) in [7, 11) is 4.92. The number of nitrogens with one attached hydrogen (secondary N) is 1. The van der Waals surface area contributed by atoms with Gasteiger partial charge in [0.25, 0.3) is 0 Å². The van der Waals surface area contributed by atoms with Gasteiger partial charge in [-0.05, 0) is 48.8 Å². The third kappa shape index (κ3) is 4.74. The standard InChI is InChI=1S/C22H34N4O3.HI/c1-23-22(24-14-16-12-19(28-2)21(27)20(13-16)29-3)26-8-6-25(7-9-26)18-11-15-4-5-17(18)10-15;/h12-13,15,17-18,27H,4-11,14H2,1-3H3,(H,23,24);1H. The predicted molar refractivity (Wildman–Crippen MR) is 129 cm³/mol. The largest absolute Gasteiger partial charge is 0.502 e. The Morgan fingerprint density at radius 2 is 1.77 bits per heavy atom. The maximum atomic E-state index is 10.1. The van der Waals surface area contributed by atoms with Crippen LogP contribution >= 0.6 is 24.0 Å². The minimum Gasteiger partial charge on any atom is -0.502 e. The summed E-state index contributed by atoms with van der Waals surface area (Å²) in [5, 5.41) is 13.5. The maximum absolute atomic E-state index is 10.1. The number of halogens is 1. The van der Waals surface area contributed by atoms with E-state index in [1.165, 1.54) is 25.7 Å². The van der Waals surface area contributed by atoms with Crippen LogP contribution in [0.25, 0.3) is 0 Å². The van der Waals surface area contributed by atoms with Crippen LogP contribution in [0.2, 0.25) is 0 Å². The smallest absolute Gasteiger partial charge is 0.200 e. The number of aliphatic imine (C=N–C) groups is 1. The van der Waals surface area contributed by atoms with E-state index in [-0.39, 0.29) is 29.7 Å². The maximum Gasteiger partial charge on any atom is 0.200 e. The Morgan fingerprint density at radius 1 is 1.10 bits per heavy atom. The van der Waals surface area contributed by atoms with E-state index < -0.39 is 0 Å². The van der Waals surface area contributed by atoms with E-state index in [0.717, 1.165) is 55.6 Å². The molecule has 3 unspecified atom stereocenters. The van der Waals surface area contributed by atoms with Crippen LogP contribution in [-0.2, 0) is 6.54 Å². The van der Waals surface area contributed by atoms with Crippen LogP contribution in [0.15, 0.2) is 17.1 Å². The first-order valence-corrected chi connectivity index (χ1v) is 10.8. The molecule has 1 saturated heterocycles. The van der Waals surface area contributed by atoms with Gasteiger partial charge < -0.3 is 24.8 Å². The summed E-state index contributed by atoms with van der Waals surface area (Å²) < 4.78 is 10.5. The van der Waals surface area contributed by atoms with Crippen LogP contribution in [-0.4, -0.2) is 74.4 Å². The second-order valence-electron chi connectivity index (χ2n) is 8.51. The average molecular weight is 530 g/mol. The molecule has 2 bridgehead atoms. The van der Waals surface area contributed by atoms with E-state index in [1.54, 1.807) is 14.2 Å². The summed E-state index contributed by atoms with van der Waals surface area (Å²) in [5.41, 5.74) is 0.971. The molecule has 2 N–H and O–H groups in total. The van der Waals surface area contributed by atoms with Gasteiger partial charge in [0, 0.05) is 45.8 Å². The molecule has 1 aromatic rings. The van der Waals surface area contributed by atoms with E-state index in [1.807, 2.05) is 19.2 Å². The summed E-state index contributed by atoms with van der Waals surface area (Å²) in [6.45, 7) is 4.85. The molecule has 0 aromatic heterocycles. The number of nitrogens with zero attached hydrogens (tertiary/aromatic N) is 3. The zero-order valence-electron chi connectivity index (χ0n) is 18.3. The highest BCUT2D eigenvalue weighted by atomic mass is 127. The van der Waals surface area contributed by atoms with Crippen molar-refractivity contribution in [2.75, 3.05) is 47.4 Å². The molecular formula is C22H35IN4O3. The Kier molecular flexibility index (Phi) is 7.95. The number of piperazine rings is 1. The topological polar surface area (TPSA) is 69.6 Å². The van der Waals surface area contributed by atoms with Gasteiger partial charge in [0.2, 0.25) is 5.75 Å². The summed E-state index contributed by atoms with van der Waals surface area (Å²) in [4.78, 5) is 9.56. The van der Waals surface area contributed by atoms with Gasteiger partial charge in [0.05, 0.1) is 14.2 Å². The van der Waals surface area contributed by atoms with Crippen molar-refractivity contribution < 1.29 is 14.6 Å². The Bertz CT molecular complexity index is 727. The number of rotatable bonds is 5. The minimum absolute atomic E-state index is 0. The number of guanidine groups is 1. The van der Waals surface area contributed by atoms with Crippen molar-refractivity contribution >= 4 is 29.9 Å². The van der Waals surface area contributed by atoms with Gasteiger partial charge in [-0.2, -0.15) is 0 Å². The van der Waals surface area contributed by atoms with Crippen LogP contribution in [0.5, 0.6) is 17.2 Å². The number of hydrogen-bond acceptors (Lipinski definition) is 5. The predicted octanol–water partition coefficient (Wildman–Crippen LogP) is 2.91. The Hall–Kier alpha value is -1.42. The third-order valence-electron chi connectivity index (χ3n) is 6.99. The molecule has 1 aromatic carbocycles. The molecule has 2 saturated carbocycles. The molecule has 0 amide bonds. The lowest BCUT2D eigenvalue weighted by molar-refractivity contribution is 0.0958. The fourth-order valence-electron chi connectivity index (χ4n) is 5.49. The Morgan fingerprint density at radius 3 is 2.27 bits per heavy atom. The van der Waals surface area contributed by atoms with Gasteiger partial charge in [-0.15, -0.1) is 24.0 Å². The first-order valence-electron chi connectivity index (χ1n) is 10.8. The highest BCUT2D eigenvalue weighted by molar-refractivity contribution is 14.0. The molecule has 3 atom stereocenters. The highest BCUT2D eigenvalue weighted by Gasteiger charge is 2.42. The number of benzene rings is 1. The lowest BCUT2D eigenvalue weighted by Crippen LogP contribution is -2.55. The van der Waals surface area contributed by atoms with Crippen LogP contribution < -0.4 is 14.8 Å². The Labute approximate surface area is 196 Å². The quantitative estimate of drug-likeness (QED) is 0.347. The number of hydrogen-bond donors (Lipinski definition) is 2. The molecular weight excluding hydrogens is 495 g/mol. The normalized spacial score (nSPS) is 26.4. The van der Waals surface area contributed by atoms with Gasteiger partial charge >= 0.3 is 0 Å². The van der Waals surface area contributed by atoms with Gasteiger partial charge in [-0.3, -0.25) is 9.89 Å². The molecule has 30 heavy (non-hydrogen) atoms. The first-order chi connectivity index (χ1) is 14.1. The van der Waals surface area contributed by atoms with E-state index in [4.69, 9.17) is 9.47 Å². The van der Waals surface area contributed by atoms with Crippen molar-refractivity contribution in [3.8, 4) is 17.2 Å². The van der Waals surface area contributed by atoms with Gasteiger partial charge in [-0.1, -0.05) is 6.42 Å². The van der Waals surface area contributed by atoms with Crippen molar-refractivity contribution in [3.05, 3.63) is 17.7 Å². The highest BCUT2D eigenvalue weighted by Crippen LogP contribution is 2.46. The summed E-state index contributed by atoms with van der Waals surface area (Å²) >= 11 is 0. The molecule has 1 aliphatic heterocycles. The molecule has 4 rings (SSSR count). The second kappa shape index (κ2) is 10.3. The SMILES string of the molecule is CN=C(NCc1cc(OC)c(O)c(OC)c1)N1CCN(C2CC3CCC2C3)CC1.I. The zero-order valence-corrected chi connectivity index (χ0v) is 20.6. The molecule has 3 fully saturated rings. The number of aromatic hydroxyl groups is 1. The van der Waals surface area contributed by atoms with Crippen LogP contribution in [0.1, 0.15) is 31.2 Å². The van der Waals surface area contributed by atoms with Crippen molar-refractivity contribution in [2.24, 2.45) is 16.8 Å². The summed E-state index contributed by atoms with van der Waals surface area (Å²) in [6, 6.07) is 4.47. The van der Waals surface area contributed by atoms with Gasteiger partial charge in [-0.25, -0.2) is 0 Å². The molecule has 3 aliphatic rings. The van der Waals surface area contributed by atoms with Gasteiger partial charge in [0.15, 0.2) is 17.5 Å². The lowest BCUT2D eigenvalue weighted by Gasteiger charge is -2.42. The second-order valence-corrected chi connectivity index (χ2v) is 8.51. The number of phenols is 1. The van der Waals surface area contributed by atoms with E-state index >= 15 is 0 Å². The molecule has 8 heteroatoms. The fraction of sp³-hybridized carbons (Fsp3) is 0.682. The molecule has 7 nitrogen and oxygen atoms in total.